The minimum atomic E-state index is 0.910. The predicted octanol–water partition coefficient (Wildman–Crippen LogP) is 14.4. The molecule has 0 amide bonds. The zero-order valence-corrected chi connectivity index (χ0v) is 27.6. The Balaban J connectivity index is 1.19. The van der Waals surface area contributed by atoms with Crippen LogP contribution < -0.4 is 0 Å². The lowest BCUT2D eigenvalue weighted by atomic mass is 9.88. The fourth-order valence-electron chi connectivity index (χ4n) is 8.98. The molecule has 51 heavy (non-hydrogen) atoms. The van der Waals surface area contributed by atoms with Gasteiger partial charge in [0.25, 0.3) is 0 Å². The highest BCUT2D eigenvalue weighted by Crippen LogP contribution is 2.47. The van der Waals surface area contributed by atoms with Gasteiger partial charge in [-0.05, 0) is 116 Å². The highest BCUT2D eigenvalue weighted by Gasteiger charge is 2.21. The van der Waals surface area contributed by atoms with Crippen LogP contribution in [0.4, 0.5) is 0 Å². The van der Waals surface area contributed by atoms with E-state index in [1.54, 1.807) is 0 Å². The summed E-state index contributed by atoms with van der Waals surface area (Å²) in [5.41, 5.74) is 6.51. The van der Waals surface area contributed by atoms with Crippen molar-refractivity contribution in [2.75, 3.05) is 0 Å². The summed E-state index contributed by atoms with van der Waals surface area (Å²) >= 11 is 0. The largest absolute Gasteiger partial charge is 0.455 e. The normalized spacial score (nSPS) is 12.3. The molecular formula is C50H28O. The van der Waals surface area contributed by atoms with Crippen molar-refractivity contribution in [3.63, 3.8) is 0 Å². The van der Waals surface area contributed by atoms with Gasteiger partial charge in [0.05, 0.1) is 0 Å². The van der Waals surface area contributed by atoms with E-state index in [9.17, 15) is 0 Å². The van der Waals surface area contributed by atoms with Gasteiger partial charge in [-0.1, -0.05) is 146 Å². The first-order valence-corrected chi connectivity index (χ1v) is 17.7. The summed E-state index contributed by atoms with van der Waals surface area (Å²) in [4.78, 5) is 0. The van der Waals surface area contributed by atoms with E-state index in [-0.39, 0.29) is 0 Å². The lowest BCUT2D eigenvalue weighted by molar-refractivity contribution is 0.670. The molecule has 0 bridgehead atoms. The van der Waals surface area contributed by atoms with Crippen LogP contribution in [0.15, 0.2) is 174 Å². The van der Waals surface area contributed by atoms with Gasteiger partial charge in [-0.2, -0.15) is 0 Å². The number of benzene rings is 11. The lowest BCUT2D eigenvalue weighted by Crippen LogP contribution is -1.89. The summed E-state index contributed by atoms with van der Waals surface area (Å²) in [7, 11) is 0. The third-order valence-electron chi connectivity index (χ3n) is 11.3. The van der Waals surface area contributed by atoms with Gasteiger partial charge >= 0.3 is 0 Å². The Hall–Kier alpha value is -6.70. The Bertz CT molecular complexity index is 3400. The SMILES string of the molecule is c1ccc2cc3c(cc2c1)oc1c(-c2ccc4ccc5cccc6ccc2c4c56)ccc(-c2ccc4ccc5ccc6ccccc6c5c4c2)c13. The second-order valence-corrected chi connectivity index (χ2v) is 14.0. The average molecular weight is 645 g/mol. The van der Waals surface area contributed by atoms with Gasteiger partial charge in [-0.25, -0.2) is 0 Å². The van der Waals surface area contributed by atoms with E-state index in [0.717, 1.165) is 27.5 Å². The van der Waals surface area contributed by atoms with Crippen LogP contribution in [0.3, 0.4) is 0 Å². The molecule has 11 aromatic carbocycles. The Morgan fingerprint density at radius 2 is 0.843 bits per heavy atom. The molecule has 234 valence electrons. The van der Waals surface area contributed by atoms with Gasteiger partial charge in [0, 0.05) is 16.3 Å². The van der Waals surface area contributed by atoms with Crippen LogP contribution in [0.25, 0.3) is 120 Å². The first-order valence-electron chi connectivity index (χ1n) is 17.7. The standard InChI is InChI=1S/C50H28O/c1-2-8-36-28-45-44(26-35(36)7-1)49-39(37-19-14-30-13-16-33-15-12-29-6-3-4-11-38(29)47(33)43(30)27-37)24-25-42(50(49)51-45)40-22-20-34-18-17-31-9-5-10-32-21-23-41(40)48(34)46(31)32/h1-28H. The summed E-state index contributed by atoms with van der Waals surface area (Å²) in [5.74, 6) is 0. The van der Waals surface area contributed by atoms with Gasteiger partial charge in [0.15, 0.2) is 0 Å². The average Bonchev–Trinajstić information content (AvgIpc) is 3.56. The Morgan fingerprint density at radius 3 is 1.67 bits per heavy atom. The first-order chi connectivity index (χ1) is 25.3. The lowest BCUT2D eigenvalue weighted by Gasteiger charge is -2.15. The van der Waals surface area contributed by atoms with Crippen LogP contribution in [0.1, 0.15) is 0 Å². The summed E-state index contributed by atoms with van der Waals surface area (Å²) in [6.07, 6.45) is 0. The Kier molecular flexibility index (Phi) is 5.29. The van der Waals surface area contributed by atoms with Gasteiger partial charge in [-0.3, -0.25) is 0 Å². The van der Waals surface area contributed by atoms with Crippen molar-refractivity contribution in [1.82, 2.24) is 0 Å². The molecule has 0 unspecified atom stereocenters. The van der Waals surface area contributed by atoms with Crippen molar-refractivity contribution in [2.45, 2.75) is 0 Å². The fourth-order valence-corrected chi connectivity index (χ4v) is 8.98. The number of hydrogen-bond donors (Lipinski definition) is 0. The van der Waals surface area contributed by atoms with E-state index >= 15 is 0 Å². The molecule has 0 N–H and O–H groups in total. The molecule has 0 spiro atoms. The molecule has 12 rings (SSSR count). The minimum Gasteiger partial charge on any atom is -0.455 e. The highest BCUT2D eigenvalue weighted by molar-refractivity contribution is 6.28. The van der Waals surface area contributed by atoms with Gasteiger partial charge in [0.2, 0.25) is 0 Å². The van der Waals surface area contributed by atoms with Gasteiger partial charge < -0.3 is 4.42 Å². The van der Waals surface area contributed by atoms with Gasteiger partial charge in [-0.15, -0.1) is 0 Å². The second-order valence-electron chi connectivity index (χ2n) is 14.0. The van der Waals surface area contributed by atoms with Crippen molar-refractivity contribution < 1.29 is 4.42 Å². The Labute approximate surface area is 292 Å². The second kappa shape index (κ2) is 9.94. The van der Waals surface area contributed by atoms with Crippen molar-refractivity contribution in [3.05, 3.63) is 170 Å². The molecule has 1 heterocycles. The molecule has 0 atom stereocenters. The van der Waals surface area contributed by atoms with Crippen LogP contribution in [0, 0.1) is 0 Å². The third-order valence-corrected chi connectivity index (χ3v) is 11.3. The maximum Gasteiger partial charge on any atom is 0.143 e. The summed E-state index contributed by atoms with van der Waals surface area (Å²) in [5, 5.41) is 20.0. The number of hydrogen-bond acceptors (Lipinski definition) is 1. The quantitative estimate of drug-likeness (QED) is 0.171. The monoisotopic (exact) mass is 644 g/mol. The molecule has 0 aliphatic carbocycles. The smallest absolute Gasteiger partial charge is 0.143 e. The van der Waals surface area contributed by atoms with Crippen LogP contribution in [-0.2, 0) is 0 Å². The maximum absolute atomic E-state index is 7.01. The van der Waals surface area contributed by atoms with Crippen LogP contribution in [-0.4, -0.2) is 0 Å². The first kappa shape index (κ1) is 27.2. The third kappa shape index (κ3) is 3.75. The van der Waals surface area contributed by atoms with E-state index in [0.29, 0.717) is 0 Å². The molecule has 1 heteroatoms. The molecule has 1 aromatic heterocycles. The van der Waals surface area contributed by atoms with E-state index in [2.05, 4.69) is 170 Å². The Morgan fingerprint density at radius 1 is 0.275 bits per heavy atom. The maximum atomic E-state index is 7.01. The molecule has 0 aliphatic rings. The van der Waals surface area contributed by atoms with E-state index in [4.69, 9.17) is 4.42 Å². The van der Waals surface area contributed by atoms with E-state index in [1.807, 2.05) is 0 Å². The van der Waals surface area contributed by atoms with E-state index < -0.39 is 0 Å². The molecular weight excluding hydrogens is 617 g/mol. The van der Waals surface area contributed by atoms with Crippen LogP contribution in [0.2, 0.25) is 0 Å². The van der Waals surface area contributed by atoms with E-state index in [1.165, 1.54) is 92.1 Å². The van der Waals surface area contributed by atoms with Gasteiger partial charge in [0.1, 0.15) is 11.2 Å². The van der Waals surface area contributed by atoms with Crippen LogP contribution in [0.5, 0.6) is 0 Å². The molecule has 0 saturated carbocycles. The summed E-state index contributed by atoms with van der Waals surface area (Å²) in [6, 6.07) is 62.6. The summed E-state index contributed by atoms with van der Waals surface area (Å²) in [6.45, 7) is 0. The number of furan rings is 1. The van der Waals surface area contributed by atoms with Crippen molar-refractivity contribution in [1.29, 1.82) is 0 Å². The minimum absolute atomic E-state index is 0.910. The predicted molar refractivity (Wildman–Crippen MR) is 218 cm³/mol. The topological polar surface area (TPSA) is 13.1 Å². The molecule has 1 nitrogen and oxygen atoms in total. The van der Waals surface area contributed by atoms with Crippen molar-refractivity contribution in [3.8, 4) is 22.3 Å². The van der Waals surface area contributed by atoms with Crippen LogP contribution >= 0.6 is 0 Å². The fraction of sp³-hybridized carbons (Fsp3) is 0. The van der Waals surface area contributed by atoms with Crippen molar-refractivity contribution in [2.24, 2.45) is 0 Å². The molecule has 0 saturated heterocycles. The zero-order valence-electron chi connectivity index (χ0n) is 27.6. The molecule has 0 aliphatic heterocycles. The zero-order chi connectivity index (χ0) is 33.2. The summed E-state index contributed by atoms with van der Waals surface area (Å²) < 4.78 is 7.01. The number of fused-ring (bicyclic) bond motifs is 9. The highest BCUT2D eigenvalue weighted by atomic mass is 16.3. The number of rotatable bonds is 2. The van der Waals surface area contributed by atoms with Crippen molar-refractivity contribution >= 4 is 97.3 Å². The molecule has 0 fully saturated rings. The molecule has 0 radical (unpaired) electrons. The molecule has 12 aromatic rings.